The zero-order valence-electron chi connectivity index (χ0n) is 12.2. The number of nitrogens with one attached hydrogen (secondary N) is 1. The summed E-state index contributed by atoms with van der Waals surface area (Å²) >= 11 is 0. The summed E-state index contributed by atoms with van der Waals surface area (Å²) in [7, 11) is 0. The lowest BCUT2D eigenvalue weighted by Crippen LogP contribution is -2.46. The second kappa shape index (κ2) is 6.76. The molecular formula is C15H21NO5. The van der Waals surface area contributed by atoms with Gasteiger partial charge in [-0.3, -0.25) is 9.59 Å². The molecule has 1 fully saturated rings. The highest BCUT2D eigenvalue weighted by Crippen LogP contribution is 2.30. The van der Waals surface area contributed by atoms with E-state index in [9.17, 15) is 14.7 Å². The minimum Gasteiger partial charge on any atom is -0.481 e. The third-order valence-corrected chi connectivity index (χ3v) is 3.96. The number of hydrogen-bond acceptors (Lipinski definition) is 4. The van der Waals surface area contributed by atoms with Crippen LogP contribution in [0.4, 0.5) is 0 Å². The third kappa shape index (κ3) is 3.44. The first-order chi connectivity index (χ1) is 10.1. The number of ether oxygens (including phenoxy) is 1. The monoisotopic (exact) mass is 295 g/mol. The van der Waals surface area contributed by atoms with Gasteiger partial charge >= 0.3 is 5.97 Å². The van der Waals surface area contributed by atoms with Gasteiger partial charge in [0, 0.05) is 26.2 Å². The first-order valence-electron chi connectivity index (χ1n) is 7.25. The molecule has 0 bridgehead atoms. The molecule has 0 aliphatic carbocycles. The van der Waals surface area contributed by atoms with Gasteiger partial charge in [-0.2, -0.15) is 0 Å². The van der Waals surface area contributed by atoms with E-state index in [1.807, 2.05) is 6.92 Å². The summed E-state index contributed by atoms with van der Waals surface area (Å²) in [5.74, 6) is -0.516. The molecule has 0 radical (unpaired) electrons. The maximum absolute atomic E-state index is 12.2. The number of furan rings is 1. The van der Waals surface area contributed by atoms with Crippen LogP contribution in [0.5, 0.6) is 0 Å². The average Bonchev–Trinajstić information content (AvgIpc) is 2.94. The fourth-order valence-electron chi connectivity index (χ4n) is 2.54. The molecule has 0 aromatic carbocycles. The van der Waals surface area contributed by atoms with E-state index in [1.165, 1.54) is 6.26 Å². The van der Waals surface area contributed by atoms with Crippen LogP contribution in [-0.2, 0) is 16.0 Å². The Morgan fingerprint density at radius 2 is 2.10 bits per heavy atom. The molecule has 1 saturated heterocycles. The highest BCUT2D eigenvalue weighted by atomic mass is 16.5. The molecule has 6 nitrogen and oxygen atoms in total. The topological polar surface area (TPSA) is 88.8 Å². The molecule has 1 aromatic rings. The second-order valence-corrected chi connectivity index (χ2v) is 5.39. The fourth-order valence-corrected chi connectivity index (χ4v) is 2.54. The molecule has 0 saturated carbocycles. The van der Waals surface area contributed by atoms with Crippen LogP contribution in [-0.4, -0.2) is 36.7 Å². The van der Waals surface area contributed by atoms with E-state index in [0.29, 0.717) is 43.8 Å². The summed E-state index contributed by atoms with van der Waals surface area (Å²) in [6.45, 7) is 2.94. The summed E-state index contributed by atoms with van der Waals surface area (Å²) in [4.78, 5) is 23.7. The van der Waals surface area contributed by atoms with Crippen molar-refractivity contribution in [1.29, 1.82) is 0 Å². The molecule has 2 rings (SSSR count). The highest BCUT2D eigenvalue weighted by Gasteiger charge is 2.40. The van der Waals surface area contributed by atoms with E-state index in [0.717, 1.165) is 6.42 Å². The van der Waals surface area contributed by atoms with Gasteiger partial charge in [-0.15, -0.1) is 0 Å². The molecule has 0 spiro atoms. The van der Waals surface area contributed by atoms with E-state index >= 15 is 0 Å². The minimum atomic E-state index is -0.928. The molecule has 2 N–H and O–H groups in total. The molecule has 116 valence electrons. The third-order valence-electron chi connectivity index (χ3n) is 3.96. The maximum atomic E-state index is 12.2. The Morgan fingerprint density at radius 1 is 1.38 bits per heavy atom. The van der Waals surface area contributed by atoms with Crippen LogP contribution in [0.1, 0.15) is 42.3 Å². The Hall–Kier alpha value is -1.82. The normalized spacial score (nSPS) is 17.4. The molecule has 1 aliphatic rings. The first-order valence-corrected chi connectivity index (χ1v) is 7.25. The van der Waals surface area contributed by atoms with E-state index < -0.39 is 11.4 Å². The van der Waals surface area contributed by atoms with Crippen LogP contribution in [0.3, 0.4) is 0 Å². The summed E-state index contributed by atoms with van der Waals surface area (Å²) in [5, 5.41) is 12.2. The van der Waals surface area contributed by atoms with Crippen molar-refractivity contribution < 1.29 is 23.8 Å². The van der Waals surface area contributed by atoms with E-state index in [2.05, 4.69) is 5.32 Å². The van der Waals surface area contributed by atoms with Crippen LogP contribution in [0.15, 0.2) is 16.7 Å². The number of hydrogen-bond donors (Lipinski definition) is 2. The van der Waals surface area contributed by atoms with Gasteiger partial charge in [-0.1, -0.05) is 6.92 Å². The van der Waals surface area contributed by atoms with Gasteiger partial charge in [0.05, 0.1) is 17.2 Å². The number of aryl methyl sites for hydroxylation is 1. The lowest BCUT2D eigenvalue weighted by atomic mass is 9.80. The van der Waals surface area contributed by atoms with Crippen LogP contribution in [0.2, 0.25) is 0 Å². The van der Waals surface area contributed by atoms with Gasteiger partial charge in [0.25, 0.3) is 5.91 Å². The Kier molecular flexibility index (Phi) is 5.01. The standard InChI is InChI=1S/C15H21NO5/c1-2-3-12-11(4-7-21-12)13(17)16-10-15(14(18)19)5-8-20-9-6-15/h4,7H,2-3,5-6,8-10H2,1H3,(H,16,17)(H,18,19). The maximum Gasteiger partial charge on any atom is 0.311 e. The van der Waals surface area contributed by atoms with Crippen LogP contribution < -0.4 is 5.32 Å². The Balaban J connectivity index is 2.02. The average molecular weight is 295 g/mol. The highest BCUT2D eigenvalue weighted by molar-refractivity contribution is 5.95. The fraction of sp³-hybridized carbons (Fsp3) is 0.600. The van der Waals surface area contributed by atoms with E-state index in [1.54, 1.807) is 6.07 Å². The molecule has 1 aromatic heterocycles. The van der Waals surface area contributed by atoms with Crippen molar-refractivity contribution in [1.82, 2.24) is 5.32 Å². The Morgan fingerprint density at radius 3 is 2.71 bits per heavy atom. The van der Waals surface area contributed by atoms with Gasteiger partial charge in [-0.05, 0) is 25.3 Å². The van der Waals surface area contributed by atoms with Gasteiger partial charge < -0.3 is 19.6 Å². The van der Waals surface area contributed by atoms with Crippen LogP contribution in [0, 0.1) is 5.41 Å². The van der Waals surface area contributed by atoms with E-state index in [4.69, 9.17) is 9.15 Å². The van der Waals surface area contributed by atoms with Crippen molar-refractivity contribution in [2.75, 3.05) is 19.8 Å². The van der Waals surface area contributed by atoms with Crippen molar-refractivity contribution in [2.45, 2.75) is 32.6 Å². The van der Waals surface area contributed by atoms with Gasteiger partial charge in [0.1, 0.15) is 5.76 Å². The summed E-state index contributed by atoms with van der Waals surface area (Å²) in [5.41, 5.74) is -0.438. The predicted molar refractivity (Wildman–Crippen MR) is 75.2 cm³/mol. The number of carbonyl (C=O) groups excluding carboxylic acids is 1. The molecule has 1 aliphatic heterocycles. The predicted octanol–water partition coefficient (Wildman–Crippen LogP) is 1.84. The largest absolute Gasteiger partial charge is 0.481 e. The minimum absolute atomic E-state index is 0.112. The number of amides is 1. The van der Waals surface area contributed by atoms with Crippen molar-refractivity contribution in [3.05, 3.63) is 23.7 Å². The Labute approximate surface area is 123 Å². The first kappa shape index (κ1) is 15.6. The SMILES string of the molecule is CCCc1occc1C(=O)NCC1(C(=O)O)CCOCC1. The lowest BCUT2D eigenvalue weighted by Gasteiger charge is -2.33. The van der Waals surface area contributed by atoms with Crippen molar-refractivity contribution in [2.24, 2.45) is 5.41 Å². The molecule has 2 heterocycles. The molecule has 1 amide bonds. The van der Waals surface area contributed by atoms with Crippen molar-refractivity contribution >= 4 is 11.9 Å². The van der Waals surface area contributed by atoms with Crippen LogP contribution in [0.25, 0.3) is 0 Å². The Bertz CT molecular complexity index is 502. The molecule has 6 heteroatoms. The number of rotatable bonds is 6. The molecule has 0 unspecified atom stereocenters. The summed E-state index contributed by atoms with van der Waals surface area (Å²) < 4.78 is 10.5. The summed E-state index contributed by atoms with van der Waals surface area (Å²) in [6, 6.07) is 1.62. The molecular weight excluding hydrogens is 274 g/mol. The summed E-state index contributed by atoms with van der Waals surface area (Å²) in [6.07, 6.45) is 3.88. The smallest absolute Gasteiger partial charge is 0.311 e. The molecule has 0 atom stereocenters. The van der Waals surface area contributed by atoms with Crippen molar-refractivity contribution in [3.63, 3.8) is 0 Å². The molecule has 21 heavy (non-hydrogen) atoms. The number of carbonyl (C=O) groups is 2. The van der Waals surface area contributed by atoms with Gasteiger partial charge in [0.2, 0.25) is 0 Å². The lowest BCUT2D eigenvalue weighted by molar-refractivity contribution is -0.154. The number of carboxylic acids is 1. The van der Waals surface area contributed by atoms with Crippen molar-refractivity contribution in [3.8, 4) is 0 Å². The zero-order valence-corrected chi connectivity index (χ0v) is 12.2. The number of carboxylic acid groups (broad SMARTS) is 1. The number of aliphatic carboxylic acids is 1. The van der Waals surface area contributed by atoms with Gasteiger partial charge in [0.15, 0.2) is 0 Å². The van der Waals surface area contributed by atoms with Gasteiger partial charge in [-0.25, -0.2) is 0 Å². The second-order valence-electron chi connectivity index (χ2n) is 5.39. The van der Waals surface area contributed by atoms with E-state index in [-0.39, 0.29) is 12.5 Å². The quantitative estimate of drug-likeness (QED) is 0.836. The zero-order chi connectivity index (χ0) is 15.3. The van der Waals surface area contributed by atoms with Crippen LogP contribution >= 0.6 is 0 Å².